The molecular weight excluding hydrogens is 330 g/mol. The van der Waals surface area contributed by atoms with Crippen molar-refractivity contribution in [2.45, 2.75) is 13.8 Å². The van der Waals surface area contributed by atoms with E-state index in [4.69, 9.17) is 4.74 Å². The second kappa shape index (κ2) is 7.78. The van der Waals surface area contributed by atoms with Gasteiger partial charge in [0, 0.05) is 38.9 Å². The molecule has 0 aliphatic carbocycles. The zero-order valence-corrected chi connectivity index (χ0v) is 16.0. The molecule has 0 bridgehead atoms. The maximum atomic E-state index is 12.4. The van der Waals surface area contributed by atoms with Gasteiger partial charge in [0.05, 0.1) is 30.7 Å². The summed E-state index contributed by atoms with van der Waals surface area (Å²) in [7, 11) is 3.56. The minimum atomic E-state index is 0.0158. The van der Waals surface area contributed by atoms with Gasteiger partial charge in [-0.3, -0.25) is 14.4 Å². The van der Waals surface area contributed by atoms with Crippen LogP contribution in [-0.4, -0.2) is 60.4 Å². The number of aryl methyl sites for hydroxylation is 2. The van der Waals surface area contributed by atoms with Crippen molar-refractivity contribution < 1.29 is 9.53 Å². The molecule has 1 aromatic carbocycles. The number of nitrogens with one attached hydrogen (secondary N) is 1. The van der Waals surface area contributed by atoms with Crippen molar-refractivity contribution in [2.24, 2.45) is 7.05 Å². The molecule has 140 valence electrons. The van der Waals surface area contributed by atoms with Crippen LogP contribution in [0.2, 0.25) is 0 Å². The summed E-state index contributed by atoms with van der Waals surface area (Å²) >= 11 is 0. The van der Waals surface area contributed by atoms with Gasteiger partial charge >= 0.3 is 0 Å². The highest BCUT2D eigenvalue weighted by Crippen LogP contribution is 2.21. The SMILES string of the molecule is COc1ccc(N2CCN(CC(=O)Nc3c(C)nn(C)c3C)CC2)cc1. The molecule has 0 atom stereocenters. The van der Waals surface area contributed by atoms with Crippen LogP contribution in [0, 0.1) is 13.8 Å². The normalized spacial score (nSPS) is 15.2. The lowest BCUT2D eigenvalue weighted by atomic mass is 10.2. The van der Waals surface area contributed by atoms with E-state index in [1.54, 1.807) is 11.8 Å². The zero-order chi connectivity index (χ0) is 18.7. The van der Waals surface area contributed by atoms with Crippen LogP contribution < -0.4 is 15.0 Å². The molecule has 1 saturated heterocycles. The predicted molar refractivity (Wildman–Crippen MR) is 103 cm³/mol. The van der Waals surface area contributed by atoms with E-state index < -0.39 is 0 Å². The number of carbonyl (C=O) groups excluding carboxylic acids is 1. The van der Waals surface area contributed by atoms with Gasteiger partial charge in [0.2, 0.25) is 5.91 Å². The molecule has 2 aromatic rings. The first-order valence-electron chi connectivity index (χ1n) is 8.89. The van der Waals surface area contributed by atoms with Gasteiger partial charge in [-0.15, -0.1) is 0 Å². The fourth-order valence-corrected chi connectivity index (χ4v) is 3.29. The number of nitrogens with zero attached hydrogens (tertiary/aromatic N) is 4. The summed E-state index contributed by atoms with van der Waals surface area (Å²) in [5.74, 6) is 0.882. The molecule has 2 heterocycles. The third-order valence-electron chi connectivity index (χ3n) is 4.95. The van der Waals surface area contributed by atoms with Gasteiger partial charge in [-0.05, 0) is 38.1 Å². The van der Waals surface area contributed by atoms with Gasteiger partial charge in [-0.1, -0.05) is 0 Å². The van der Waals surface area contributed by atoms with Crippen LogP contribution in [0.15, 0.2) is 24.3 Å². The predicted octanol–water partition coefficient (Wildman–Crippen LogP) is 1.81. The fraction of sp³-hybridized carbons (Fsp3) is 0.474. The monoisotopic (exact) mass is 357 g/mol. The quantitative estimate of drug-likeness (QED) is 0.884. The molecule has 1 amide bonds. The average molecular weight is 357 g/mol. The molecule has 7 heteroatoms. The molecule has 0 saturated carbocycles. The van der Waals surface area contributed by atoms with E-state index in [2.05, 4.69) is 32.3 Å². The van der Waals surface area contributed by atoms with Crippen molar-refractivity contribution in [1.82, 2.24) is 14.7 Å². The summed E-state index contributed by atoms with van der Waals surface area (Å²) in [6, 6.07) is 8.12. The highest BCUT2D eigenvalue weighted by Gasteiger charge is 2.20. The summed E-state index contributed by atoms with van der Waals surface area (Å²) in [6.45, 7) is 7.83. The Kier molecular flexibility index (Phi) is 5.46. The number of piperazine rings is 1. The Morgan fingerprint density at radius 2 is 1.81 bits per heavy atom. The average Bonchev–Trinajstić information content (AvgIpc) is 2.88. The van der Waals surface area contributed by atoms with Gasteiger partial charge in [-0.2, -0.15) is 5.10 Å². The summed E-state index contributed by atoms with van der Waals surface area (Å²) in [6.07, 6.45) is 0. The number of amides is 1. The number of aromatic nitrogens is 2. The Hall–Kier alpha value is -2.54. The van der Waals surface area contributed by atoms with E-state index in [0.717, 1.165) is 49.0 Å². The van der Waals surface area contributed by atoms with Crippen LogP contribution >= 0.6 is 0 Å². The van der Waals surface area contributed by atoms with Crippen molar-refractivity contribution in [3.63, 3.8) is 0 Å². The van der Waals surface area contributed by atoms with E-state index in [-0.39, 0.29) is 5.91 Å². The molecule has 1 fully saturated rings. The standard InChI is InChI=1S/C19H27N5O2/c1-14-19(15(2)22(3)21-14)20-18(25)13-23-9-11-24(12-10-23)16-5-7-17(26-4)8-6-16/h5-8H,9-13H2,1-4H3,(H,20,25). The Morgan fingerprint density at radius 1 is 1.15 bits per heavy atom. The van der Waals surface area contributed by atoms with Crippen molar-refractivity contribution >= 4 is 17.3 Å². The van der Waals surface area contributed by atoms with Crippen LogP contribution in [0.5, 0.6) is 5.75 Å². The molecule has 0 spiro atoms. The van der Waals surface area contributed by atoms with Gasteiger partial charge in [0.1, 0.15) is 5.75 Å². The van der Waals surface area contributed by atoms with Crippen molar-refractivity contribution in [3.8, 4) is 5.75 Å². The number of hydrogen-bond donors (Lipinski definition) is 1. The summed E-state index contributed by atoms with van der Waals surface area (Å²) in [5, 5.41) is 7.35. The van der Waals surface area contributed by atoms with E-state index in [1.807, 2.05) is 33.0 Å². The van der Waals surface area contributed by atoms with Gasteiger partial charge < -0.3 is 15.0 Å². The van der Waals surface area contributed by atoms with Crippen LogP contribution in [0.1, 0.15) is 11.4 Å². The second-order valence-corrected chi connectivity index (χ2v) is 6.68. The number of hydrogen-bond acceptors (Lipinski definition) is 5. The third-order valence-corrected chi connectivity index (χ3v) is 4.95. The largest absolute Gasteiger partial charge is 0.497 e. The Labute approximate surface area is 154 Å². The summed E-state index contributed by atoms with van der Waals surface area (Å²) in [5.41, 5.74) is 3.84. The lowest BCUT2D eigenvalue weighted by Crippen LogP contribution is -2.48. The number of ether oxygens (including phenoxy) is 1. The fourth-order valence-electron chi connectivity index (χ4n) is 3.29. The number of benzene rings is 1. The summed E-state index contributed by atoms with van der Waals surface area (Å²) < 4.78 is 7.00. The van der Waals surface area contributed by atoms with Gasteiger partial charge in [0.15, 0.2) is 0 Å². The van der Waals surface area contributed by atoms with Gasteiger partial charge in [0.25, 0.3) is 0 Å². The topological polar surface area (TPSA) is 62.6 Å². The minimum absolute atomic E-state index is 0.0158. The van der Waals surface area contributed by atoms with Gasteiger partial charge in [-0.25, -0.2) is 0 Å². The molecule has 1 aliphatic rings. The Morgan fingerprint density at radius 3 is 2.35 bits per heavy atom. The first kappa shape index (κ1) is 18.3. The highest BCUT2D eigenvalue weighted by atomic mass is 16.5. The van der Waals surface area contributed by atoms with Crippen LogP contribution in [0.3, 0.4) is 0 Å². The van der Waals surface area contributed by atoms with Crippen LogP contribution in [0.4, 0.5) is 11.4 Å². The smallest absolute Gasteiger partial charge is 0.238 e. The number of rotatable bonds is 5. The van der Waals surface area contributed by atoms with E-state index in [9.17, 15) is 4.79 Å². The lowest BCUT2D eigenvalue weighted by molar-refractivity contribution is -0.117. The first-order valence-corrected chi connectivity index (χ1v) is 8.89. The van der Waals surface area contributed by atoms with E-state index in [0.29, 0.717) is 6.54 Å². The molecule has 0 unspecified atom stereocenters. The van der Waals surface area contributed by atoms with Crippen molar-refractivity contribution in [2.75, 3.05) is 50.1 Å². The third kappa shape index (κ3) is 3.99. The molecule has 3 rings (SSSR count). The van der Waals surface area contributed by atoms with Crippen molar-refractivity contribution in [1.29, 1.82) is 0 Å². The molecule has 7 nitrogen and oxygen atoms in total. The maximum absolute atomic E-state index is 12.4. The van der Waals surface area contributed by atoms with Crippen molar-refractivity contribution in [3.05, 3.63) is 35.7 Å². The zero-order valence-electron chi connectivity index (χ0n) is 16.0. The molecule has 1 aromatic heterocycles. The lowest BCUT2D eigenvalue weighted by Gasteiger charge is -2.35. The van der Waals surface area contributed by atoms with Crippen LogP contribution in [0.25, 0.3) is 0 Å². The van der Waals surface area contributed by atoms with Crippen LogP contribution in [-0.2, 0) is 11.8 Å². The highest BCUT2D eigenvalue weighted by molar-refractivity contribution is 5.93. The number of carbonyl (C=O) groups is 1. The first-order chi connectivity index (χ1) is 12.5. The molecular formula is C19H27N5O2. The van der Waals surface area contributed by atoms with E-state index in [1.165, 1.54) is 5.69 Å². The number of methoxy groups -OCH3 is 1. The number of anilines is 2. The summed E-state index contributed by atoms with van der Waals surface area (Å²) in [4.78, 5) is 16.9. The minimum Gasteiger partial charge on any atom is -0.497 e. The molecule has 26 heavy (non-hydrogen) atoms. The van der Waals surface area contributed by atoms with E-state index >= 15 is 0 Å². The second-order valence-electron chi connectivity index (χ2n) is 6.68. The Balaban J connectivity index is 1.51. The molecule has 1 aliphatic heterocycles. The molecule has 0 radical (unpaired) electrons. The molecule has 1 N–H and O–H groups in total. The maximum Gasteiger partial charge on any atom is 0.238 e. The Bertz CT molecular complexity index is 761.